The number of fused-ring (bicyclic) bond motifs is 1. The van der Waals surface area contributed by atoms with Gasteiger partial charge in [-0.3, -0.25) is 14.7 Å². The van der Waals surface area contributed by atoms with Gasteiger partial charge in [-0.25, -0.2) is 0 Å². The molecule has 1 aromatic rings. The first-order chi connectivity index (χ1) is 14.2. The van der Waals surface area contributed by atoms with Gasteiger partial charge in [0.2, 0.25) is 0 Å². The zero-order valence-electron chi connectivity index (χ0n) is 16.4. The molecule has 150 valence electrons. The third-order valence-electron chi connectivity index (χ3n) is 7.19. The van der Waals surface area contributed by atoms with Crippen LogP contribution in [0, 0.1) is 17.8 Å². The lowest BCUT2D eigenvalue weighted by molar-refractivity contribution is -0.123. The molecule has 4 fully saturated rings. The van der Waals surface area contributed by atoms with Crippen LogP contribution in [-0.4, -0.2) is 27.7 Å². The predicted molar refractivity (Wildman–Crippen MR) is 108 cm³/mol. The van der Waals surface area contributed by atoms with E-state index in [0.29, 0.717) is 11.4 Å². The maximum Gasteiger partial charge on any atom is 0.270 e. The number of ether oxygens (including phenoxy) is 1. The van der Waals surface area contributed by atoms with Gasteiger partial charge in [0.25, 0.3) is 12.3 Å². The molecule has 4 bridgehead atoms. The Morgan fingerprint density at radius 1 is 1.17 bits per heavy atom. The maximum absolute atomic E-state index is 13.4. The van der Waals surface area contributed by atoms with Crippen molar-refractivity contribution in [3.63, 3.8) is 0 Å². The highest BCUT2D eigenvalue weighted by atomic mass is 16.5. The fourth-order valence-corrected chi connectivity index (χ4v) is 6.52. The van der Waals surface area contributed by atoms with Gasteiger partial charge in [-0.1, -0.05) is 6.08 Å². The van der Waals surface area contributed by atoms with Crippen LogP contribution in [0.15, 0.2) is 60.3 Å². The summed E-state index contributed by atoms with van der Waals surface area (Å²) in [6.07, 6.45) is 18.3. The summed E-state index contributed by atoms with van der Waals surface area (Å²) in [6, 6.07) is 3.70. The molecule has 4 aliphatic carbocycles. The first-order valence-electron chi connectivity index (χ1n) is 10.7. The van der Waals surface area contributed by atoms with Crippen LogP contribution in [0.25, 0.3) is 0 Å². The lowest BCUT2D eigenvalue weighted by Gasteiger charge is -2.56. The second-order valence-electron chi connectivity index (χ2n) is 9.32. The molecule has 2 N–H and O–H groups in total. The van der Waals surface area contributed by atoms with Crippen LogP contribution in [-0.2, 0) is 4.79 Å². The molecule has 0 saturated heterocycles. The summed E-state index contributed by atoms with van der Waals surface area (Å²) in [5, 5.41) is 6.78. The van der Waals surface area contributed by atoms with Crippen molar-refractivity contribution in [1.29, 1.82) is 0 Å². The molecular formula is C23H26N4O2. The molecule has 1 amide bonds. The van der Waals surface area contributed by atoms with Crippen molar-refractivity contribution < 1.29 is 9.53 Å². The number of carbonyl (C=O) groups excluding carboxylic acids is 1. The second-order valence-corrected chi connectivity index (χ2v) is 9.32. The van der Waals surface area contributed by atoms with Crippen LogP contribution in [0.3, 0.4) is 0 Å². The van der Waals surface area contributed by atoms with Crippen LogP contribution in [0.2, 0.25) is 0 Å². The highest BCUT2D eigenvalue weighted by Gasteiger charge is 2.52. The first-order valence-corrected chi connectivity index (χ1v) is 10.7. The van der Waals surface area contributed by atoms with Crippen LogP contribution < -0.4 is 15.4 Å². The topological polar surface area (TPSA) is 66.5 Å². The number of nitrogens with zero attached hydrogens (tertiary/aromatic N) is 2. The van der Waals surface area contributed by atoms with E-state index in [4.69, 9.17) is 4.74 Å². The summed E-state index contributed by atoms with van der Waals surface area (Å²) in [7, 11) is 0. The highest BCUT2D eigenvalue weighted by Crippen LogP contribution is 2.55. The van der Waals surface area contributed by atoms with E-state index in [9.17, 15) is 4.79 Å². The molecule has 4 saturated carbocycles. The van der Waals surface area contributed by atoms with Crippen molar-refractivity contribution in [2.24, 2.45) is 17.8 Å². The number of hydrogen-bond acceptors (Lipinski definition) is 5. The molecule has 0 radical (unpaired) electrons. The van der Waals surface area contributed by atoms with Crippen LogP contribution in [0.5, 0.6) is 5.75 Å². The minimum absolute atomic E-state index is 0.0100. The van der Waals surface area contributed by atoms with Gasteiger partial charge in [-0.05, 0) is 80.6 Å². The Bertz CT molecular complexity index is 885. The molecule has 3 heterocycles. The van der Waals surface area contributed by atoms with E-state index in [1.807, 2.05) is 41.5 Å². The molecule has 0 spiro atoms. The third kappa shape index (κ3) is 2.93. The number of pyridine rings is 1. The Kier molecular flexibility index (Phi) is 3.76. The smallest absolute Gasteiger partial charge is 0.270 e. The number of nitrogens with one attached hydrogen (secondary N) is 2. The van der Waals surface area contributed by atoms with Crippen molar-refractivity contribution >= 4 is 5.91 Å². The van der Waals surface area contributed by atoms with Gasteiger partial charge in [0, 0.05) is 17.9 Å². The quantitative estimate of drug-likeness (QED) is 0.827. The average molecular weight is 390 g/mol. The predicted octanol–water partition coefficient (Wildman–Crippen LogP) is 3.03. The normalized spacial score (nSPS) is 36.2. The second kappa shape index (κ2) is 6.37. The van der Waals surface area contributed by atoms with E-state index in [1.54, 1.807) is 12.4 Å². The van der Waals surface area contributed by atoms with Gasteiger partial charge in [0.05, 0.1) is 11.9 Å². The van der Waals surface area contributed by atoms with Gasteiger partial charge in [0.1, 0.15) is 11.4 Å². The minimum Gasteiger partial charge on any atom is -0.450 e. The lowest BCUT2D eigenvalue weighted by Crippen LogP contribution is -2.60. The Labute approximate surface area is 170 Å². The van der Waals surface area contributed by atoms with Gasteiger partial charge in [-0.2, -0.15) is 0 Å². The van der Waals surface area contributed by atoms with Crippen molar-refractivity contribution in [3.8, 4) is 5.75 Å². The summed E-state index contributed by atoms with van der Waals surface area (Å²) < 4.78 is 6.06. The zero-order chi connectivity index (χ0) is 19.4. The number of amides is 1. The van der Waals surface area contributed by atoms with E-state index >= 15 is 0 Å². The fourth-order valence-electron chi connectivity index (χ4n) is 6.52. The SMILES string of the molecule is O=C(NC12CC3CC(CC(C3)C1)C2)C1=C2C=CC=CN2C(Oc2cccnc2)N1. The van der Waals surface area contributed by atoms with Crippen molar-refractivity contribution in [3.05, 3.63) is 60.3 Å². The molecule has 0 aromatic carbocycles. The standard InChI is InChI=1S/C23H26N4O2/c28-21(26-23-11-15-8-16(12-23)10-17(9-15)13-23)20-19-5-1-2-7-27(19)22(25-20)29-18-4-3-6-24-14-18/h1-7,14-17,22,25H,8-13H2,(H,26,28). The lowest BCUT2D eigenvalue weighted by atomic mass is 9.53. The summed E-state index contributed by atoms with van der Waals surface area (Å²) in [4.78, 5) is 19.5. The molecular weight excluding hydrogens is 364 g/mol. The number of rotatable bonds is 4. The van der Waals surface area contributed by atoms with Gasteiger partial charge < -0.3 is 15.4 Å². The zero-order valence-corrected chi connectivity index (χ0v) is 16.4. The number of carbonyl (C=O) groups is 1. The minimum atomic E-state index is -0.465. The molecule has 29 heavy (non-hydrogen) atoms. The third-order valence-corrected chi connectivity index (χ3v) is 7.19. The maximum atomic E-state index is 13.4. The van der Waals surface area contributed by atoms with Crippen LogP contribution >= 0.6 is 0 Å². The summed E-state index contributed by atoms with van der Waals surface area (Å²) in [5.74, 6) is 3.04. The Balaban J connectivity index is 1.23. The van der Waals surface area contributed by atoms with Gasteiger partial charge in [-0.15, -0.1) is 0 Å². The largest absolute Gasteiger partial charge is 0.450 e. The van der Waals surface area contributed by atoms with E-state index in [1.165, 1.54) is 19.3 Å². The van der Waals surface area contributed by atoms with Gasteiger partial charge >= 0.3 is 0 Å². The molecule has 2 aliphatic heterocycles. The summed E-state index contributed by atoms with van der Waals surface area (Å²) in [6.45, 7) is 0. The Morgan fingerprint density at radius 3 is 2.62 bits per heavy atom. The number of allylic oxidation sites excluding steroid dienone is 3. The number of hydrogen-bond donors (Lipinski definition) is 2. The molecule has 1 unspecified atom stereocenters. The average Bonchev–Trinajstić information content (AvgIpc) is 3.06. The Morgan fingerprint density at radius 2 is 1.93 bits per heavy atom. The van der Waals surface area contributed by atoms with E-state index in [2.05, 4.69) is 15.6 Å². The Hall–Kier alpha value is -2.76. The van der Waals surface area contributed by atoms with Gasteiger partial charge in [0.15, 0.2) is 0 Å². The number of aromatic nitrogens is 1. The molecule has 6 aliphatic rings. The van der Waals surface area contributed by atoms with Crippen molar-refractivity contribution in [2.75, 3.05) is 0 Å². The van der Waals surface area contributed by atoms with Crippen LogP contribution in [0.4, 0.5) is 0 Å². The van der Waals surface area contributed by atoms with E-state index < -0.39 is 6.35 Å². The summed E-state index contributed by atoms with van der Waals surface area (Å²) in [5.41, 5.74) is 1.43. The van der Waals surface area contributed by atoms with Crippen molar-refractivity contribution in [2.45, 2.75) is 50.4 Å². The molecule has 6 heteroatoms. The first kappa shape index (κ1) is 17.1. The molecule has 6 nitrogen and oxygen atoms in total. The summed E-state index contributed by atoms with van der Waals surface area (Å²) >= 11 is 0. The van der Waals surface area contributed by atoms with E-state index in [0.717, 1.165) is 42.7 Å². The molecule has 7 rings (SSSR count). The fraction of sp³-hybridized carbons (Fsp3) is 0.478. The molecule has 1 atom stereocenters. The highest BCUT2D eigenvalue weighted by molar-refractivity contribution is 5.95. The molecule has 1 aromatic heterocycles. The van der Waals surface area contributed by atoms with Crippen molar-refractivity contribution in [1.82, 2.24) is 20.5 Å². The van der Waals surface area contributed by atoms with Crippen LogP contribution in [0.1, 0.15) is 38.5 Å². The monoisotopic (exact) mass is 390 g/mol. The van der Waals surface area contributed by atoms with E-state index in [-0.39, 0.29) is 11.4 Å².